The Morgan fingerprint density at radius 3 is 2.54 bits per heavy atom. The topological polar surface area (TPSA) is 71.8 Å². The quantitative estimate of drug-likeness (QED) is 0.834. The normalized spacial score (nSPS) is 11.9. The second kappa shape index (κ2) is 8.75. The summed E-state index contributed by atoms with van der Waals surface area (Å²) >= 11 is 0. The fourth-order valence-electron chi connectivity index (χ4n) is 2.02. The van der Waals surface area contributed by atoms with Gasteiger partial charge in [-0.25, -0.2) is 14.1 Å². The maximum atomic E-state index is 14.0. The van der Waals surface area contributed by atoms with Crippen molar-refractivity contribution in [1.82, 2.24) is 25.4 Å². The summed E-state index contributed by atoms with van der Waals surface area (Å²) in [7, 11) is 1.82. The van der Waals surface area contributed by atoms with Crippen LogP contribution in [-0.2, 0) is 0 Å². The summed E-state index contributed by atoms with van der Waals surface area (Å²) < 4.78 is 15.4. The molecule has 1 unspecified atom stereocenters. The largest absolute Gasteiger partial charge is 0.348 e. The first-order valence-electron chi connectivity index (χ1n) is 7.61. The van der Waals surface area contributed by atoms with Crippen LogP contribution in [0.4, 0.5) is 4.39 Å². The summed E-state index contributed by atoms with van der Waals surface area (Å²) in [5, 5.41) is 9.99. The third kappa shape index (κ3) is 4.52. The molecule has 24 heavy (non-hydrogen) atoms. The Bertz CT molecular complexity index is 689. The number of halogens is 2. The summed E-state index contributed by atoms with van der Waals surface area (Å²) in [4.78, 5) is 16.5. The van der Waals surface area contributed by atoms with E-state index in [2.05, 4.69) is 20.7 Å². The zero-order valence-electron chi connectivity index (χ0n) is 14.2. The van der Waals surface area contributed by atoms with Crippen molar-refractivity contribution in [3.8, 4) is 5.69 Å². The van der Waals surface area contributed by atoms with Crippen LogP contribution in [0.5, 0.6) is 0 Å². The first kappa shape index (κ1) is 20.1. The third-order valence-electron chi connectivity index (χ3n) is 3.49. The van der Waals surface area contributed by atoms with Crippen molar-refractivity contribution in [2.75, 3.05) is 13.6 Å². The zero-order chi connectivity index (χ0) is 17.0. The van der Waals surface area contributed by atoms with E-state index in [9.17, 15) is 9.18 Å². The molecular weight excluding hydrogens is 333 g/mol. The Morgan fingerprint density at radius 1 is 1.29 bits per heavy atom. The lowest BCUT2D eigenvalue weighted by Gasteiger charge is -2.09. The number of para-hydroxylation sites is 1. The molecule has 1 heterocycles. The van der Waals surface area contributed by atoms with Gasteiger partial charge in [0.05, 0.1) is 0 Å². The van der Waals surface area contributed by atoms with Crippen molar-refractivity contribution in [3.63, 3.8) is 0 Å². The summed E-state index contributed by atoms with van der Waals surface area (Å²) in [5.74, 6) is -0.193. The van der Waals surface area contributed by atoms with Gasteiger partial charge in [0.1, 0.15) is 17.3 Å². The molecule has 0 spiro atoms. The molecule has 1 atom stereocenters. The fraction of sp³-hybridized carbons (Fsp3) is 0.438. The van der Waals surface area contributed by atoms with Crippen LogP contribution in [0.2, 0.25) is 0 Å². The summed E-state index contributed by atoms with van der Waals surface area (Å²) in [6.45, 7) is 6.25. The molecule has 0 bridgehead atoms. The molecule has 2 rings (SSSR count). The smallest absolute Gasteiger partial charge is 0.291 e. The van der Waals surface area contributed by atoms with Gasteiger partial charge < -0.3 is 10.6 Å². The minimum atomic E-state index is -0.407. The predicted molar refractivity (Wildman–Crippen MR) is 93.5 cm³/mol. The van der Waals surface area contributed by atoms with E-state index in [0.29, 0.717) is 12.4 Å². The van der Waals surface area contributed by atoms with Gasteiger partial charge in [0.15, 0.2) is 0 Å². The van der Waals surface area contributed by atoms with Crippen molar-refractivity contribution < 1.29 is 9.18 Å². The highest BCUT2D eigenvalue weighted by Crippen LogP contribution is 2.19. The molecule has 0 fully saturated rings. The third-order valence-corrected chi connectivity index (χ3v) is 3.49. The molecule has 0 aliphatic rings. The van der Waals surface area contributed by atoms with Gasteiger partial charge in [-0.1, -0.05) is 26.0 Å². The lowest BCUT2D eigenvalue weighted by molar-refractivity contribution is 0.0940. The van der Waals surface area contributed by atoms with Gasteiger partial charge >= 0.3 is 0 Å². The Morgan fingerprint density at radius 2 is 1.96 bits per heavy atom. The number of rotatable bonds is 6. The van der Waals surface area contributed by atoms with Crippen molar-refractivity contribution in [2.24, 2.45) is 0 Å². The van der Waals surface area contributed by atoms with Crippen molar-refractivity contribution in [3.05, 3.63) is 41.7 Å². The Kier molecular flexibility index (Phi) is 7.31. The van der Waals surface area contributed by atoms with Crippen LogP contribution < -0.4 is 10.6 Å². The summed E-state index contributed by atoms with van der Waals surface area (Å²) in [6.07, 6.45) is 0. The first-order valence-corrected chi connectivity index (χ1v) is 7.61. The van der Waals surface area contributed by atoms with Gasteiger partial charge in [-0.2, -0.15) is 0 Å². The lowest BCUT2D eigenvalue weighted by Crippen LogP contribution is -2.37. The highest BCUT2D eigenvalue weighted by Gasteiger charge is 2.20. The second-order valence-electron chi connectivity index (χ2n) is 5.71. The van der Waals surface area contributed by atoms with E-state index in [1.54, 1.807) is 18.2 Å². The van der Waals surface area contributed by atoms with E-state index in [-0.39, 0.29) is 41.8 Å². The average molecular weight is 356 g/mol. The van der Waals surface area contributed by atoms with Crippen LogP contribution in [0, 0.1) is 5.82 Å². The average Bonchev–Trinajstić information content (AvgIpc) is 2.98. The molecular formula is C16H23ClFN5O. The Hall–Kier alpha value is -1.99. The van der Waals surface area contributed by atoms with Crippen LogP contribution in [0.25, 0.3) is 5.69 Å². The molecule has 1 amide bonds. The molecule has 8 heteroatoms. The number of carbonyl (C=O) groups excluding carboxylic acids is 1. The number of benzene rings is 1. The molecule has 2 N–H and O–H groups in total. The minimum absolute atomic E-state index is 0. The van der Waals surface area contributed by atoms with Crippen LogP contribution in [0.15, 0.2) is 24.3 Å². The minimum Gasteiger partial charge on any atom is -0.348 e. The maximum Gasteiger partial charge on any atom is 0.291 e. The number of hydrogen-bond acceptors (Lipinski definition) is 4. The maximum absolute atomic E-state index is 14.0. The highest BCUT2D eigenvalue weighted by molar-refractivity contribution is 5.90. The van der Waals surface area contributed by atoms with Gasteiger partial charge in [-0.15, -0.1) is 17.5 Å². The number of likely N-dealkylation sites (N-methyl/N-ethyl adjacent to an activating group) is 1. The highest BCUT2D eigenvalue weighted by atomic mass is 35.5. The second-order valence-corrected chi connectivity index (χ2v) is 5.71. The van der Waals surface area contributed by atoms with Gasteiger partial charge in [0.2, 0.25) is 5.82 Å². The molecule has 0 aliphatic carbocycles. The number of amides is 1. The lowest BCUT2D eigenvalue weighted by atomic mass is 10.2. The SMILES string of the molecule is CNC(C)CNC(=O)c1nc(C(C)C)n(-c2ccccc2F)n1.Cl. The Balaban J connectivity index is 0.00000288. The van der Waals surface area contributed by atoms with Crippen molar-refractivity contribution in [2.45, 2.75) is 32.7 Å². The predicted octanol–water partition coefficient (Wildman–Crippen LogP) is 2.29. The molecule has 132 valence electrons. The number of hydrogen-bond donors (Lipinski definition) is 2. The molecule has 0 saturated carbocycles. The summed E-state index contributed by atoms with van der Waals surface area (Å²) in [5.41, 5.74) is 0.284. The van der Waals surface area contributed by atoms with Crippen LogP contribution in [-0.4, -0.2) is 40.3 Å². The van der Waals surface area contributed by atoms with Crippen molar-refractivity contribution in [1.29, 1.82) is 0 Å². The van der Waals surface area contributed by atoms with Crippen molar-refractivity contribution >= 4 is 18.3 Å². The molecule has 6 nitrogen and oxygen atoms in total. The number of nitrogens with zero attached hydrogens (tertiary/aromatic N) is 3. The monoisotopic (exact) mass is 355 g/mol. The van der Waals surface area contributed by atoms with E-state index in [1.165, 1.54) is 10.7 Å². The van der Waals surface area contributed by atoms with E-state index in [0.717, 1.165) is 0 Å². The molecule has 2 aromatic rings. The van der Waals surface area contributed by atoms with E-state index in [1.807, 2.05) is 27.8 Å². The van der Waals surface area contributed by atoms with Crippen LogP contribution in [0.1, 0.15) is 43.1 Å². The molecule has 1 aromatic carbocycles. The van der Waals surface area contributed by atoms with E-state index < -0.39 is 5.82 Å². The van der Waals surface area contributed by atoms with Gasteiger partial charge in [0, 0.05) is 18.5 Å². The van der Waals surface area contributed by atoms with E-state index in [4.69, 9.17) is 0 Å². The number of carbonyl (C=O) groups is 1. The zero-order valence-corrected chi connectivity index (χ0v) is 15.0. The standard InChI is InChI=1S/C16H22FN5O.ClH/c1-10(2)15-20-14(16(23)19-9-11(3)18-4)21-22(15)13-8-6-5-7-12(13)17;/h5-8,10-11,18H,9H2,1-4H3,(H,19,23);1H. The van der Waals surface area contributed by atoms with Gasteiger partial charge in [-0.3, -0.25) is 4.79 Å². The number of nitrogens with one attached hydrogen (secondary N) is 2. The van der Waals surface area contributed by atoms with Gasteiger partial charge in [-0.05, 0) is 26.1 Å². The van der Waals surface area contributed by atoms with Gasteiger partial charge in [0.25, 0.3) is 5.91 Å². The van der Waals surface area contributed by atoms with E-state index >= 15 is 0 Å². The summed E-state index contributed by atoms with van der Waals surface area (Å²) in [6, 6.07) is 6.43. The number of aromatic nitrogens is 3. The Labute approximate surface area is 147 Å². The molecule has 1 aromatic heterocycles. The van der Waals surface area contributed by atoms with Crippen LogP contribution in [0.3, 0.4) is 0 Å². The molecule has 0 radical (unpaired) electrons. The molecule has 0 aliphatic heterocycles. The fourth-order valence-corrected chi connectivity index (χ4v) is 2.02. The molecule has 0 saturated heterocycles. The first-order chi connectivity index (χ1) is 10.9. The van der Waals surface area contributed by atoms with Crippen LogP contribution >= 0.6 is 12.4 Å².